The minimum Gasteiger partial charge on any atom is -0.337 e. The largest absolute Gasteiger partial charge is 0.337 e. The van der Waals surface area contributed by atoms with Gasteiger partial charge in [0, 0.05) is 35.5 Å². The van der Waals surface area contributed by atoms with Gasteiger partial charge in [-0.05, 0) is 61.3 Å². The molecule has 0 aliphatic carbocycles. The Balaban J connectivity index is 1.80. The van der Waals surface area contributed by atoms with Crippen molar-refractivity contribution in [3.05, 3.63) is 63.6 Å². The Kier molecular flexibility index (Phi) is 7.74. The lowest BCUT2D eigenvalue weighted by atomic mass is 10.0. The van der Waals surface area contributed by atoms with Crippen molar-refractivity contribution in [1.82, 2.24) is 9.80 Å². The van der Waals surface area contributed by atoms with Crippen LogP contribution in [-0.2, 0) is 22.0 Å². The van der Waals surface area contributed by atoms with Gasteiger partial charge >= 0.3 is 0 Å². The zero-order chi connectivity index (χ0) is 21.0. The monoisotopic (exact) mass is 452 g/mol. The molecule has 1 heterocycles. The van der Waals surface area contributed by atoms with E-state index in [4.69, 9.17) is 23.2 Å². The van der Waals surface area contributed by atoms with Crippen LogP contribution < -0.4 is 0 Å². The third-order valence-electron chi connectivity index (χ3n) is 5.43. The van der Waals surface area contributed by atoms with Crippen molar-refractivity contribution in [2.24, 2.45) is 0 Å². The Bertz CT molecular complexity index is 883. The fourth-order valence-corrected chi connectivity index (χ4v) is 4.51. The van der Waals surface area contributed by atoms with Crippen LogP contribution in [0.5, 0.6) is 0 Å². The zero-order valence-electron chi connectivity index (χ0n) is 16.7. The first-order valence-electron chi connectivity index (χ1n) is 9.70. The van der Waals surface area contributed by atoms with Gasteiger partial charge in [-0.1, -0.05) is 41.4 Å². The van der Waals surface area contributed by atoms with Crippen molar-refractivity contribution in [3.63, 3.8) is 0 Å². The molecule has 3 rings (SSSR count). The van der Waals surface area contributed by atoms with Gasteiger partial charge in [-0.2, -0.15) is 0 Å². The first-order chi connectivity index (χ1) is 13.8. The first-order valence-corrected chi connectivity index (χ1v) is 12.0. The molecule has 0 N–H and O–H groups in total. The summed E-state index contributed by atoms with van der Waals surface area (Å²) in [4.78, 5) is 18.1. The predicted molar refractivity (Wildman–Crippen MR) is 120 cm³/mol. The summed E-state index contributed by atoms with van der Waals surface area (Å²) in [6.45, 7) is 2.91. The summed E-state index contributed by atoms with van der Waals surface area (Å²) in [5.74, 6) is 0.0238. The number of carbonyl (C=O) groups is 1. The number of halogens is 2. The highest BCUT2D eigenvalue weighted by Gasteiger charge is 2.26. The minimum atomic E-state index is -1.02. The Morgan fingerprint density at radius 2 is 1.76 bits per heavy atom. The summed E-state index contributed by atoms with van der Waals surface area (Å²) >= 11 is 12.1. The lowest BCUT2D eigenvalue weighted by molar-refractivity contribution is -0.131. The van der Waals surface area contributed by atoms with Gasteiger partial charge in [0.05, 0.1) is 22.5 Å². The van der Waals surface area contributed by atoms with E-state index in [-0.39, 0.29) is 18.4 Å². The molecule has 0 saturated carbocycles. The summed E-state index contributed by atoms with van der Waals surface area (Å²) in [6.07, 6.45) is 4.33. The van der Waals surface area contributed by atoms with Gasteiger partial charge in [-0.15, -0.1) is 0 Å². The van der Waals surface area contributed by atoms with Crippen LogP contribution in [-0.4, -0.2) is 52.9 Å². The number of nitrogens with zero attached hydrogens (tertiary/aromatic N) is 2. The highest BCUT2D eigenvalue weighted by atomic mass is 35.5. The van der Waals surface area contributed by atoms with Crippen molar-refractivity contribution in [1.29, 1.82) is 0 Å². The van der Waals surface area contributed by atoms with Gasteiger partial charge in [0.15, 0.2) is 0 Å². The molecule has 2 aromatic rings. The van der Waals surface area contributed by atoms with Gasteiger partial charge in [0.2, 0.25) is 5.91 Å². The molecule has 2 unspecified atom stereocenters. The Hall–Kier alpha value is -1.40. The highest BCUT2D eigenvalue weighted by molar-refractivity contribution is 7.84. The molecule has 7 heteroatoms. The maximum atomic E-state index is 13.1. The molecule has 4 nitrogen and oxygen atoms in total. The SMILES string of the molecule is CN(C(=O)Cc1ccc(Cl)c(Cl)c1)C(CN1CCCC1)c1ccc(S(C)=O)cc1. The molecule has 1 fully saturated rings. The number of rotatable bonds is 7. The Labute approximate surface area is 185 Å². The maximum absolute atomic E-state index is 13.1. The molecule has 2 aromatic carbocycles. The fraction of sp³-hybridized carbons (Fsp3) is 0.409. The number of hydrogen-bond donors (Lipinski definition) is 0. The Morgan fingerprint density at radius 1 is 1.10 bits per heavy atom. The van der Waals surface area contributed by atoms with Crippen LogP contribution in [0.25, 0.3) is 0 Å². The van der Waals surface area contributed by atoms with Crippen molar-refractivity contribution >= 4 is 39.9 Å². The van der Waals surface area contributed by atoms with E-state index in [1.54, 1.807) is 18.4 Å². The van der Waals surface area contributed by atoms with Crippen LogP contribution in [0.4, 0.5) is 0 Å². The number of amides is 1. The van der Waals surface area contributed by atoms with E-state index < -0.39 is 10.8 Å². The third-order valence-corrected chi connectivity index (χ3v) is 7.10. The molecular weight excluding hydrogens is 427 g/mol. The average molecular weight is 453 g/mol. The molecule has 2 atom stereocenters. The van der Waals surface area contributed by atoms with E-state index in [0.717, 1.165) is 35.7 Å². The summed E-state index contributed by atoms with van der Waals surface area (Å²) in [6, 6.07) is 13.0. The molecule has 0 aromatic heterocycles. The number of likely N-dealkylation sites (N-methyl/N-ethyl adjacent to an activating group) is 1. The second-order valence-corrected chi connectivity index (χ2v) is 9.67. The standard InChI is InChI=1S/C22H26Cl2N2O2S/c1-25(22(27)14-16-5-10-19(23)20(24)13-16)21(15-26-11-3-4-12-26)17-6-8-18(9-7-17)29(2)28/h5-10,13,21H,3-4,11-12,14-15H2,1-2H3. The van der Waals surface area contributed by atoms with Gasteiger partial charge < -0.3 is 9.80 Å². The molecule has 0 bridgehead atoms. The molecule has 1 aliphatic rings. The fourth-order valence-electron chi connectivity index (χ4n) is 3.67. The Morgan fingerprint density at radius 3 is 2.34 bits per heavy atom. The zero-order valence-corrected chi connectivity index (χ0v) is 19.1. The summed E-state index contributed by atoms with van der Waals surface area (Å²) in [5.41, 5.74) is 1.89. The van der Waals surface area contributed by atoms with E-state index in [1.165, 1.54) is 12.8 Å². The summed E-state index contributed by atoms with van der Waals surface area (Å²) in [5, 5.41) is 0.938. The number of hydrogen-bond acceptors (Lipinski definition) is 3. The molecule has 0 spiro atoms. The smallest absolute Gasteiger partial charge is 0.227 e. The van der Waals surface area contributed by atoms with Gasteiger partial charge in [-0.25, -0.2) is 0 Å². The van der Waals surface area contributed by atoms with Crippen molar-refractivity contribution in [2.45, 2.75) is 30.2 Å². The van der Waals surface area contributed by atoms with E-state index in [0.29, 0.717) is 10.0 Å². The van der Waals surface area contributed by atoms with E-state index >= 15 is 0 Å². The van der Waals surface area contributed by atoms with Crippen molar-refractivity contribution < 1.29 is 9.00 Å². The van der Waals surface area contributed by atoms with Crippen LogP contribution in [0.15, 0.2) is 47.4 Å². The second-order valence-electron chi connectivity index (χ2n) is 7.48. The van der Waals surface area contributed by atoms with E-state index in [2.05, 4.69) is 4.90 Å². The number of benzene rings is 2. The van der Waals surface area contributed by atoms with E-state index in [9.17, 15) is 9.00 Å². The minimum absolute atomic E-state index is 0.0238. The van der Waals surface area contributed by atoms with Crippen molar-refractivity contribution in [3.8, 4) is 0 Å². The number of carbonyl (C=O) groups excluding carboxylic acids is 1. The van der Waals surface area contributed by atoms with Crippen molar-refractivity contribution in [2.75, 3.05) is 32.9 Å². The lowest BCUT2D eigenvalue weighted by Gasteiger charge is -2.32. The quantitative estimate of drug-likeness (QED) is 0.617. The number of likely N-dealkylation sites (tertiary alicyclic amines) is 1. The summed E-state index contributed by atoms with van der Waals surface area (Å²) < 4.78 is 11.7. The molecule has 0 radical (unpaired) electrons. The van der Waals surface area contributed by atoms with E-state index in [1.807, 2.05) is 42.3 Å². The molecule has 1 saturated heterocycles. The maximum Gasteiger partial charge on any atom is 0.227 e. The highest BCUT2D eigenvalue weighted by Crippen LogP contribution is 2.26. The van der Waals surface area contributed by atoms with Crippen LogP contribution in [0, 0.1) is 0 Å². The molecule has 29 heavy (non-hydrogen) atoms. The molecule has 1 amide bonds. The molecular formula is C22H26Cl2N2O2S. The average Bonchev–Trinajstić information content (AvgIpc) is 3.22. The van der Waals surface area contributed by atoms with Crippen LogP contribution in [0.3, 0.4) is 0 Å². The van der Waals surface area contributed by atoms with Gasteiger partial charge in [-0.3, -0.25) is 9.00 Å². The molecule has 156 valence electrons. The summed E-state index contributed by atoms with van der Waals surface area (Å²) in [7, 11) is 0.835. The van der Waals surface area contributed by atoms with Gasteiger partial charge in [0.25, 0.3) is 0 Å². The second kappa shape index (κ2) is 10.1. The normalized spacial score (nSPS) is 16.6. The first kappa shape index (κ1) is 22.3. The lowest BCUT2D eigenvalue weighted by Crippen LogP contribution is -2.39. The molecule has 1 aliphatic heterocycles. The van der Waals surface area contributed by atoms with Crippen LogP contribution in [0.1, 0.15) is 30.0 Å². The third kappa shape index (κ3) is 5.82. The van der Waals surface area contributed by atoms with Gasteiger partial charge in [0.1, 0.15) is 0 Å². The van der Waals surface area contributed by atoms with Crippen LogP contribution >= 0.6 is 23.2 Å². The topological polar surface area (TPSA) is 40.6 Å². The predicted octanol–water partition coefficient (Wildman–Crippen LogP) is 4.57. The van der Waals surface area contributed by atoms with Crippen LogP contribution in [0.2, 0.25) is 10.0 Å².